The molecule has 0 N–H and O–H groups in total. The lowest BCUT2D eigenvalue weighted by Gasteiger charge is -2.30. The molecule has 0 fully saturated rings. The molecule has 0 bridgehead atoms. The zero-order chi connectivity index (χ0) is 39.6. The molecule has 2 heteroatoms. The number of hydrogen-bond acceptors (Lipinski definition) is 1. The second kappa shape index (κ2) is 13.9. The summed E-state index contributed by atoms with van der Waals surface area (Å²) in [7, 11) is 0. The third kappa shape index (κ3) is 5.42. The van der Waals surface area contributed by atoms with Crippen LogP contribution in [0.25, 0.3) is 92.8 Å². The quantitative estimate of drug-likeness (QED) is 0.153. The van der Waals surface area contributed by atoms with Gasteiger partial charge < -0.3 is 9.47 Å². The van der Waals surface area contributed by atoms with E-state index in [1.54, 1.807) is 0 Å². The van der Waals surface area contributed by atoms with Crippen LogP contribution in [0.2, 0.25) is 0 Å². The Hall–Kier alpha value is -7.94. The van der Waals surface area contributed by atoms with Crippen molar-refractivity contribution < 1.29 is 0 Å². The first kappa shape index (κ1) is 34.1. The molecule has 2 nitrogen and oxygen atoms in total. The number of benzene rings is 11. The number of anilines is 3. The fourth-order valence-electron chi connectivity index (χ4n) is 9.59. The van der Waals surface area contributed by atoms with Crippen LogP contribution in [0.4, 0.5) is 17.1 Å². The summed E-state index contributed by atoms with van der Waals surface area (Å²) in [5.41, 5.74) is 11.6. The van der Waals surface area contributed by atoms with Gasteiger partial charge in [-0.1, -0.05) is 182 Å². The second-order valence-corrected chi connectivity index (χ2v) is 15.7. The van der Waals surface area contributed by atoms with Crippen LogP contribution in [-0.2, 0) is 0 Å². The summed E-state index contributed by atoms with van der Waals surface area (Å²) in [5, 5.41) is 12.4. The summed E-state index contributed by atoms with van der Waals surface area (Å²) >= 11 is 0. The zero-order valence-corrected chi connectivity index (χ0v) is 32.8. The molecule has 0 saturated carbocycles. The predicted molar refractivity (Wildman–Crippen MR) is 256 cm³/mol. The van der Waals surface area contributed by atoms with Crippen molar-refractivity contribution >= 4 is 82.0 Å². The molecule has 11 aromatic carbocycles. The first-order valence-electron chi connectivity index (χ1n) is 20.7. The highest BCUT2D eigenvalue weighted by atomic mass is 15.1. The van der Waals surface area contributed by atoms with Crippen LogP contribution in [0.15, 0.2) is 231 Å². The molecule has 1 aromatic heterocycles. The Morgan fingerprint density at radius 3 is 1.72 bits per heavy atom. The van der Waals surface area contributed by atoms with E-state index in [1.807, 2.05) is 0 Å². The van der Waals surface area contributed by atoms with E-state index >= 15 is 0 Å². The van der Waals surface area contributed by atoms with Gasteiger partial charge in [-0.25, -0.2) is 0 Å². The van der Waals surface area contributed by atoms with Crippen LogP contribution in [0.5, 0.6) is 0 Å². The van der Waals surface area contributed by atoms with Gasteiger partial charge in [-0.15, -0.1) is 0 Å². The lowest BCUT2D eigenvalue weighted by Crippen LogP contribution is -2.12. The number of hydrogen-bond donors (Lipinski definition) is 0. The fraction of sp³-hybridized carbons (Fsp3) is 0. The first-order valence-corrected chi connectivity index (χ1v) is 20.7. The van der Waals surface area contributed by atoms with Crippen molar-refractivity contribution in [1.82, 2.24) is 4.57 Å². The number of para-hydroxylation sites is 3. The lowest BCUT2D eigenvalue weighted by atomic mass is 9.93. The number of nitrogens with zero attached hydrogens (tertiary/aromatic N) is 2. The van der Waals surface area contributed by atoms with E-state index in [0.717, 1.165) is 28.3 Å². The highest BCUT2D eigenvalue weighted by Crippen LogP contribution is 2.48. The van der Waals surface area contributed by atoms with Crippen molar-refractivity contribution in [1.29, 1.82) is 0 Å². The van der Waals surface area contributed by atoms with Gasteiger partial charge in [0.15, 0.2) is 0 Å². The van der Waals surface area contributed by atoms with E-state index in [1.165, 1.54) is 81.6 Å². The molecule has 0 saturated heterocycles. The maximum atomic E-state index is 2.48. The summed E-state index contributed by atoms with van der Waals surface area (Å²) in [6.07, 6.45) is 0. The molecule has 0 atom stereocenters. The van der Waals surface area contributed by atoms with Crippen LogP contribution in [0, 0.1) is 0 Å². The Morgan fingerprint density at radius 1 is 0.300 bits per heavy atom. The van der Waals surface area contributed by atoms with Crippen LogP contribution in [0.1, 0.15) is 0 Å². The molecule has 60 heavy (non-hydrogen) atoms. The predicted octanol–water partition coefficient (Wildman–Crippen LogP) is 16.2. The van der Waals surface area contributed by atoms with E-state index < -0.39 is 0 Å². The van der Waals surface area contributed by atoms with Crippen molar-refractivity contribution in [3.63, 3.8) is 0 Å². The SMILES string of the molecule is c1ccc(-c2ccccc2N(c2ccc(-c3ccccc3-n3c4ccccc4c4cc5ccccc5cc43)cc2)c2cc3ccccc3c3ccc4ccccc4c23)cc1. The van der Waals surface area contributed by atoms with E-state index in [9.17, 15) is 0 Å². The molecule has 0 aliphatic rings. The highest BCUT2D eigenvalue weighted by Gasteiger charge is 2.23. The number of aromatic nitrogens is 1. The second-order valence-electron chi connectivity index (χ2n) is 15.7. The Balaban J connectivity index is 1.09. The smallest absolute Gasteiger partial charge is 0.0552 e. The molecular formula is C58H38N2. The van der Waals surface area contributed by atoms with Gasteiger partial charge >= 0.3 is 0 Å². The average Bonchev–Trinajstić information content (AvgIpc) is 3.64. The maximum absolute atomic E-state index is 2.48. The van der Waals surface area contributed by atoms with E-state index in [2.05, 4.69) is 240 Å². The molecular weight excluding hydrogens is 725 g/mol. The molecule has 0 aliphatic carbocycles. The summed E-state index contributed by atoms with van der Waals surface area (Å²) in [6, 6.07) is 84.4. The Labute approximate surface area is 348 Å². The minimum absolute atomic E-state index is 1.09. The molecule has 12 rings (SSSR count). The normalized spacial score (nSPS) is 11.7. The fourth-order valence-corrected chi connectivity index (χ4v) is 9.59. The summed E-state index contributed by atoms with van der Waals surface area (Å²) in [5.74, 6) is 0. The summed E-state index contributed by atoms with van der Waals surface area (Å²) in [4.78, 5) is 2.48. The van der Waals surface area contributed by atoms with Crippen LogP contribution in [-0.4, -0.2) is 4.57 Å². The topological polar surface area (TPSA) is 8.17 Å². The molecule has 280 valence electrons. The lowest BCUT2D eigenvalue weighted by molar-refractivity contribution is 1.18. The third-order valence-corrected chi connectivity index (χ3v) is 12.3. The molecule has 0 unspecified atom stereocenters. The monoisotopic (exact) mass is 762 g/mol. The largest absolute Gasteiger partial charge is 0.309 e. The molecule has 0 radical (unpaired) electrons. The molecule has 0 amide bonds. The van der Waals surface area contributed by atoms with Crippen LogP contribution in [0.3, 0.4) is 0 Å². The van der Waals surface area contributed by atoms with Gasteiger partial charge in [0.2, 0.25) is 0 Å². The van der Waals surface area contributed by atoms with E-state index in [4.69, 9.17) is 0 Å². The summed E-state index contributed by atoms with van der Waals surface area (Å²) < 4.78 is 2.45. The van der Waals surface area contributed by atoms with Crippen molar-refractivity contribution in [3.05, 3.63) is 231 Å². The van der Waals surface area contributed by atoms with Crippen LogP contribution >= 0.6 is 0 Å². The van der Waals surface area contributed by atoms with E-state index in [0.29, 0.717) is 0 Å². The molecule has 1 heterocycles. The van der Waals surface area contributed by atoms with Crippen molar-refractivity contribution in [3.8, 4) is 27.9 Å². The Morgan fingerprint density at radius 2 is 0.900 bits per heavy atom. The van der Waals surface area contributed by atoms with Gasteiger partial charge in [-0.3, -0.25) is 0 Å². The van der Waals surface area contributed by atoms with Crippen molar-refractivity contribution in [2.75, 3.05) is 4.90 Å². The van der Waals surface area contributed by atoms with Crippen LogP contribution < -0.4 is 4.90 Å². The van der Waals surface area contributed by atoms with Gasteiger partial charge in [-0.2, -0.15) is 0 Å². The van der Waals surface area contributed by atoms with Crippen molar-refractivity contribution in [2.24, 2.45) is 0 Å². The average molecular weight is 763 g/mol. The zero-order valence-electron chi connectivity index (χ0n) is 32.8. The van der Waals surface area contributed by atoms with Gasteiger partial charge in [0.25, 0.3) is 0 Å². The number of fused-ring (bicyclic) bond motifs is 9. The number of rotatable bonds is 6. The Bertz CT molecular complexity index is 3600. The minimum Gasteiger partial charge on any atom is -0.309 e. The minimum atomic E-state index is 1.09. The molecule has 12 aromatic rings. The highest BCUT2D eigenvalue weighted by molar-refractivity contribution is 6.24. The van der Waals surface area contributed by atoms with Gasteiger partial charge in [-0.05, 0) is 97.4 Å². The molecule has 0 spiro atoms. The van der Waals surface area contributed by atoms with Crippen molar-refractivity contribution in [2.45, 2.75) is 0 Å². The molecule has 0 aliphatic heterocycles. The summed E-state index contributed by atoms with van der Waals surface area (Å²) in [6.45, 7) is 0. The van der Waals surface area contributed by atoms with Gasteiger partial charge in [0, 0.05) is 33.0 Å². The van der Waals surface area contributed by atoms with Gasteiger partial charge in [0.1, 0.15) is 0 Å². The third-order valence-electron chi connectivity index (χ3n) is 12.3. The van der Waals surface area contributed by atoms with Gasteiger partial charge in [0.05, 0.1) is 28.1 Å². The standard InChI is InChI=1S/C58H38N2/c1-2-16-39(17-3-1)47-23-10-13-27-53(47)59(57-38-44-21-7-8-22-46(44)51-35-32-40-18-6-9-25-49(40)58(51)57)45-33-30-41(31-34-45)48-24-11-14-28-54(48)60-55-29-15-12-26-50(55)52-36-42-19-4-5-20-43(42)37-56(52)60/h1-38H. The maximum Gasteiger partial charge on any atom is 0.0552 e. The van der Waals surface area contributed by atoms with E-state index in [-0.39, 0.29) is 0 Å². The Kier molecular flexibility index (Phi) is 7.89. The first-order chi connectivity index (χ1) is 29.8.